The first-order valence-corrected chi connectivity index (χ1v) is 4.63. The molecule has 0 bridgehead atoms. The fraction of sp³-hybridized carbons (Fsp3) is 0.300. The molecular weight excluding hydrogens is 190 g/mol. The van der Waals surface area contributed by atoms with Crippen molar-refractivity contribution >= 4 is 24.2 Å². The molecule has 0 spiro atoms. The van der Waals surface area contributed by atoms with Crippen LogP contribution in [0.3, 0.4) is 0 Å². The molecule has 1 atom stereocenters. The molecule has 2 aliphatic rings. The second-order valence-electron chi connectivity index (χ2n) is 3.21. The highest BCUT2D eigenvalue weighted by Crippen LogP contribution is 2.18. The van der Waals surface area contributed by atoms with Gasteiger partial charge in [0.2, 0.25) is 0 Å². The average molecular weight is 201 g/mol. The molecule has 0 fully saturated rings. The Balaban J connectivity index is 2.26. The van der Waals surface area contributed by atoms with Crippen LogP contribution in [0.25, 0.3) is 0 Å². The molecule has 2 rings (SSSR count). The van der Waals surface area contributed by atoms with Crippen molar-refractivity contribution in [3.05, 3.63) is 17.9 Å². The summed E-state index contributed by atoms with van der Waals surface area (Å²) in [5.74, 6) is 0.557. The maximum Gasteiger partial charge on any atom is 0.180 e. The predicted octanol–water partition coefficient (Wildman–Crippen LogP) is 0.686. The number of rotatable bonds is 2. The Kier molecular flexibility index (Phi) is 2.41. The Morgan fingerprint density at radius 3 is 3.13 bits per heavy atom. The van der Waals surface area contributed by atoms with Crippen LogP contribution in [0.2, 0.25) is 0 Å². The number of hydrogen-bond donors (Lipinski definition) is 1. The van der Waals surface area contributed by atoms with E-state index in [9.17, 15) is 0 Å². The summed E-state index contributed by atoms with van der Waals surface area (Å²) in [7, 11) is 0. The summed E-state index contributed by atoms with van der Waals surface area (Å²) < 4.78 is 0. The minimum Gasteiger partial charge on any atom is -0.302 e. The van der Waals surface area contributed by atoms with Gasteiger partial charge in [-0.05, 0) is 19.1 Å². The Morgan fingerprint density at radius 2 is 2.33 bits per heavy atom. The summed E-state index contributed by atoms with van der Waals surface area (Å²) in [5.41, 5.74) is 8.85. The predicted molar refractivity (Wildman–Crippen MR) is 61.7 cm³/mol. The lowest BCUT2D eigenvalue weighted by atomic mass is 10.00. The van der Waals surface area contributed by atoms with E-state index in [1.807, 2.05) is 19.1 Å². The van der Waals surface area contributed by atoms with E-state index in [1.54, 1.807) is 0 Å². The quantitative estimate of drug-likeness (QED) is 0.655. The van der Waals surface area contributed by atoms with Gasteiger partial charge in [0.25, 0.3) is 0 Å². The Bertz CT molecular complexity index is 448. The van der Waals surface area contributed by atoms with Crippen LogP contribution in [-0.2, 0) is 0 Å². The maximum absolute atomic E-state index is 6.11. The smallest absolute Gasteiger partial charge is 0.180 e. The largest absolute Gasteiger partial charge is 0.302 e. The molecule has 0 aliphatic carbocycles. The zero-order valence-corrected chi connectivity index (χ0v) is 8.38. The Hall–Kier alpha value is -1.84. The molecule has 0 aromatic carbocycles. The Morgan fingerprint density at radius 1 is 1.47 bits per heavy atom. The summed E-state index contributed by atoms with van der Waals surface area (Å²) in [6.07, 6.45) is 7.07. The van der Waals surface area contributed by atoms with Gasteiger partial charge in [-0.25, -0.2) is 20.0 Å². The highest BCUT2D eigenvalue weighted by molar-refractivity contribution is 6.50. The van der Waals surface area contributed by atoms with Crippen molar-refractivity contribution < 1.29 is 0 Å². The molecule has 1 unspecified atom stereocenters. The minimum atomic E-state index is -0.844. The first kappa shape index (κ1) is 9.71. The van der Waals surface area contributed by atoms with Gasteiger partial charge in [-0.2, -0.15) is 0 Å². The molecule has 0 radical (unpaired) electrons. The molecule has 0 aromatic heterocycles. The normalized spacial score (nSPS) is 26.5. The summed E-state index contributed by atoms with van der Waals surface area (Å²) >= 11 is 0. The van der Waals surface area contributed by atoms with Crippen molar-refractivity contribution in [2.75, 3.05) is 0 Å². The van der Waals surface area contributed by atoms with Gasteiger partial charge in [-0.3, -0.25) is 0 Å². The molecule has 76 valence electrons. The third kappa shape index (κ3) is 1.70. The third-order valence-electron chi connectivity index (χ3n) is 2.15. The van der Waals surface area contributed by atoms with Crippen molar-refractivity contribution in [1.82, 2.24) is 0 Å². The van der Waals surface area contributed by atoms with E-state index in [1.165, 1.54) is 12.7 Å². The van der Waals surface area contributed by atoms with Gasteiger partial charge in [0.1, 0.15) is 18.4 Å². The topological polar surface area (TPSA) is 75.5 Å². The first-order chi connectivity index (χ1) is 7.26. The van der Waals surface area contributed by atoms with Crippen LogP contribution in [0.4, 0.5) is 0 Å². The lowest BCUT2D eigenvalue weighted by Crippen LogP contribution is -2.49. The number of aliphatic imine (C=N–C) groups is 4. The molecule has 0 saturated carbocycles. The van der Waals surface area contributed by atoms with Crippen molar-refractivity contribution in [2.45, 2.75) is 19.0 Å². The van der Waals surface area contributed by atoms with Crippen LogP contribution in [0.5, 0.6) is 0 Å². The van der Waals surface area contributed by atoms with E-state index in [0.717, 1.165) is 0 Å². The first-order valence-electron chi connectivity index (χ1n) is 4.63. The summed E-state index contributed by atoms with van der Waals surface area (Å²) in [6, 6.07) is 0. The summed E-state index contributed by atoms with van der Waals surface area (Å²) in [4.78, 5) is 16.2. The van der Waals surface area contributed by atoms with Crippen molar-refractivity contribution in [2.24, 2.45) is 25.7 Å². The fourth-order valence-corrected chi connectivity index (χ4v) is 1.39. The summed E-state index contributed by atoms with van der Waals surface area (Å²) in [6.45, 7) is 1.90. The fourth-order valence-electron chi connectivity index (χ4n) is 1.39. The van der Waals surface area contributed by atoms with Gasteiger partial charge in [-0.15, -0.1) is 5.73 Å². The van der Waals surface area contributed by atoms with Gasteiger partial charge < -0.3 is 5.73 Å². The molecule has 15 heavy (non-hydrogen) atoms. The number of fused-ring (bicyclic) bond motifs is 1. The van der Waals surface area contributed by atoms with Gasteiger partial charge in [0.05, 0.1) is 0 Å². The van der Waals surface area contributed by atoms with E-state index < -0.39 is 5.66 Å². The zero-order chi connectivity index (χ0) is 10.7. The van der Waals surface area contributed by atoms with E-state index >= 15 is 0 Å². The molecule has 5 heteroatoms. The third-order valence-corrected chi connectivity index (χ3v) is 2.15. The van der Waals surface area contributed by atoms with Crippen LogP contribution in [0, 0.1) is 0 Å². The molecule has 2 N–H and O–H groups in total. The van der Waals surface area contributed by atoms with E-state index in [4.69, 9.17) is 5.73 Å². The SMILES string of the molecule is CC=C=CCC1(N)N=CN=C2N=CN=C21. The standard InChI is InChI=1S/C10H11N5/c1-2-3-4-5-10(11)8-9(13-6-12-8)14-7-15-10/h2,4,6-7H,5,11H2,1H3. The van der Waals surface area contributed by atoms with Crippen molar-refractivity contribution in [3.8, 4) is 0 Å². The molecule has 0 saturated heterocycles. The van der Waals surface area contributed by atoms with E-state index in [0.29, 0.717) is 18.0 Å². The number of amidine groups is 1. The second-order valence-corrected chi connectivity index (χ2v) is 3.21. The number of nitrogens with zero attached hydrogens (tertiary/aromatic N) is 4. The molecule has 2 heterocycles. The van der Waals surface area contributed by atoms with Crippen LogP contribution in [-0.4, -0.2) is 29.9 Å². The number of hydrogen-bond acceptors (Lipinski definition) is 5. The monoisotopic (exact) mass is 201 g/mol. The highest BCUT2D eigenvalue weighted by Gasteiger charge is 2.36. The van der Waals surface area contributed by atoms with E-state index in [-0.39, 0.29) is 0 Å². The second kappa shape index (κ2) is 3.73. The van der Waals surface area contributed by atoms with Gasteiger partial charge >= 0.3 is 0 Å². The average Bonchev–Trinajstić information content (AvgIpc) is 2.68. The van der Waals surface area contributed by atoms with Crippen LogP contribution in [0.15, 0.2) is 37.9 Å². The zero-order valence-electron chi connectivity index (χ0n) is 8.38. The minimum absolute atomic E-state index is 0.537. The molecular formula is C10H11N5. The maximum atomic E-state index is 6.11. The lowest BCUT2D eigenvalue weighted by molar-refractivity contribution is 0.611. The van der Waals surface area contributed by atoms with E-state index in [2.05, 4.69) is 25.7 Å². The molecule has 0 amide bonds. The lowest BCUT2D eigenvalue weighted by Gasteiger charge is -2.24. The molecule has 5 nitrogen and oxygen atoms in total. The number of nitrogens with two attached hydrogens (primary N) is 1. The van der Waals surface area contributed by atoms with Crippen LogP contribution in [0.1, 0.15) is 13.3 Å². The molecule has 0 aromatic rings. The van der Waals surface area contributed by atoms with Gasteiger partial charge in [0, 0.05) is 6.42 Å². The highest BCUT2D eigenvalue weighted by atomic mass is 15.2. The van der Waals surface area contributed by atoms with Crippen LogP contribution < -0.4 is 5.73 Å². The Labute approximate surface area is 87.6 Å². The molecule has 2 aliphatic heterocycles. The van der Waals surface area contributed by atoms with Gasteiger partial charge in [0.15, 0.2) is 11.5 Å². The van der Waals surface area contributed by atoms with Crippen LogP contribution >= 0.6 is 0 Å². The van der Waals surface area contributed by atoms with Gasteiger partial charge in [-0.1, -0.05) is 0 Å². The summed E-state index contributed by atoms with van der Waals surface area (Å²) in [5, 5.41) is 0. The van der Waals surface area contributed by atoms with Crippen molar-refractivity contribution in [3.63, 3.8) is 0 Å². The van der Waals surface area contributed by atoms with Crippen molar-refractivity contribution in [1.29, 1.82) is 0 Å².